The van der Waals surface area contributed by atoms with Crippen LogP contribution in [0.5, 0.6) is 0 Å². The molecule has 0 atom stereocenters. The van der Waals surface area contributed by atoms with Crippen molar-refractivity contribution in [1.29, 1.82) is 0 Å². The zero-order chi connectivity index (χ0) is 28.0. The van der Waals surface area contributed by atoms with E-state index in [1.807, 2.05) is 33.7 Å². The number of nitrogens with zero attached hydrogens (tertiary/aromatic N) is 4. The first-order valence-electron chi connectivity index (χ1n) is 13.6. The summed E-state index contributed by atoms with van der Waals surface area (Å²) in [5.74, 6) is 4.96. The molecule has 2 radical (unpaired) electrons. The van der Waals surface area contributed by atoms with E-state index < -0.39 is 0 Å². The molecule has 6 heteroatoms. The first kappa shape index (κ1) is 32.1. The summed E-state index contributed by atoms with van der Waals surface area (Å²) in [6, 6.07) is 23.1. The van der Waals surface area contributed by atoms with Crippen LogP contribution in [0, 0.1) is 37.3 Å². The Bertz CT molecular complexity index is 1800. The van der Waals surface area contributed by atoms with E-state index in [2.05, 4.69) is 95.1 Å². The number of imidazole rings is 2. The van der Waals surface area contributed by atoms with Gasteiger partial charge >= 0.3 is 0 Å². The molecule has 0 aliphatic heterocycles. The van der Waals surface area contributed by atoms with Gasteiger partial charge in [-0.2, -0.15) is 0 Å². The average molecular weight is 921 g/mol. The van der Waals surface area contributed by atoms with Crippen molar-refractivity contribution in [3.63, 3.8) is 0 Å². The van der Waals surface area contributed by atoms with E-state index in [4.69, 9.17) is 12.8 Å². The van der Waals surface area contributed by atoms with E-state index in [9.17, 15) is 0 Å². The van der Waals surface area contributed by atoms with Crippen LogP contribution in [0.4, 0.5) is 0 Å². The smallest absolute Gasteiger partial charge is 0.0554 e. The first-order valence-corrected chi connectivity index (χ1v) is 13.6. The molecule has 0 N–H and O–H groups in total. The summed E-state index contributed by atoms with van der Waals surface area (Å²) in [6.07, 6.45) is 33.3. The van der Waals surface area contributed by atoms with Crippen LogP contribution in [0.25, 0.3) is 16.7 Å². The fraction of sp³-hybridized carbons (Fsp3) is 0.135. The molecular weight excluding hydrogens is 894 g/mol. The number of hydrogen-bond donors (Lipinski definition) is 0. The van der Waals surface area contributed by atoms with Crippen molar-refractivity contribution in [3.8, 4) is 23.0 Å². The zero-order valence-electron chi connectivity index (χ0n) is 23.2. The fourth-order valence-electron chi connectivity index (χ4n) is 5.52. The Morgan fingerprint density at radius 2 is 1.33 bits per heavy atom. The molecular formula is C37H26Au2N4-4. The number of fused-ring (bicyclic) bond motifs is 5. The predicted molar refractivity (Wildman–Crippen MR) is 160 cm³/mol. The quantitative estimate of drug-likeness (QED) is 0.111. The van der Waals surface area contributed by atoms with Gasteiger partial charge < -0.3 is 31.9 Å². The van der Waals surface area contributed by atoms with Crippen LogP contribution in [0.15, 0.2) is 109 Å². The van der Waals surface area contributed by atoms with Crippen molar-refractivity contribution >= 4 is 5.57 Å². The van der Waals surface area contributed by atoms with Crippen LogP contribution in [0.2, 0.25) is 0 Å². The molecule has 43 heavy (non-hydrogen) atoms. The maximum atomic E-state index is 7.19. The minimum Gasteiger partial charge on any atom is -0.439 e. The monoisotopic (exact) mass is 920 g/mol. The van der Waals surface area contributed by atoms with E-state index in [1.54, 1.807) is 12.4 Å². The molecule has 0 spiro atoms. The topological polar surface area (TPSA) is 35.6 Å². The Morgan fingerprint density at radius 1 is 0.698 bits per heavy atom. The van der Waals surface area contributed by atoms with Gasteiger partial charge in [0.15, 0.2) is 0 Å². The van der Waals surface area contributed by atoms with Crippen molar-refractivity contribution < 1.29 is 44.8 Å². The minimum atomic E-state index is 0. The van der Waals surface area contributed by atoms with Gasteiger partial charge in [-0.25, -0.2) is 0 Å². The van der Waals surface area contributed by atoms with Crippen molar-refractivity contribution in [2.24, 2.45) is 0 Å². The summed E-state index contributed by atoms with van der Waals surface area (Å²) in [5, 5.41) is 0. The summed E-state index contributed by atoms with van der Waals surface area (Å²) in [5.41, 5.74) is 12.9. The Hall–Kier alpha value is -3.84. The Labute approximate surface area is 285 Å². The molecule has 3 aliphatic carbocycles. The zero-order valence-corrected chi connectivity index (χ0v) is 27.5. The van der Waals surface area contributed by atoms with Gasteiger partial charge in [-0.15, -0.1) is 54.1 Å². The largest absolute Gasteiger partial charge is 0.439 e. The molecule has 0 bridgehead atoms. The molecule has 0 unspecified atom stereocenters. The predicted octanol–water partition coefficient (Wildman–Crippen LogP) is 6.68. The minimum absolute atomic E-state index is 0. The van der Waals surface area contributed by atoms with Gasteiger partial charge in [0.2, 0.25) is 0 Å². The third kappa shape index (κ3) is 7.39. The molecule has 0 fully saturated rings. The van der Waals surface area contributed by atoms with Crippen LogP contribution >= 0.6 is 0 Å². The summed E-state index contributed by atoms with van der Waals surface area (Å²) in [4.78, 5) is 7.59. The van der Waals surface area contributed by atoms with E-state index in [-0.39, 0.29) is 44.8 Å². The fourth-order valence-corrected chi connectivity index (χ4v) is 5.52. The second-order valence-electron chi connectivity index (χ2n) is 10.1. The van der Waals surface area contributed by atoms with E-state index in [0.717, 1.165) is 36.8 Å². The molecule has 8 rings (SSSR count). The van der Waals surface area contributed by atoms with Gasteiger partial charge in [0.1, 0.15) is 0 Å². The molecule has 0 amide bonds. The molecule has 5 aromatic rings. The van der Waals surface area contributed by atoms with E-state index in [0.29, 0.717) is 6.67 Å². The summed E-state index contributed by atoms with van der Waals surface area (Å²) < 4.78 is 3.64. The molecule has 3 aromatic carbocycles. The number of allylic oxidation sites excluding steroid dienone is 4. The van der Waals surface area contributed by atoms with Crippen LogP contribution in [-0.2, 0) is 64.3 Å². The van der Waals surface area contributed by atoms with Gasteiger partial charge in [0.05, 0.1) is 6.67 Å². The van der Waals surface area contributed by atoms with Gasteiger partial charge in [-0.3, -0.25) is 11.8 Å². The van der Waals surface area contributed by atoms with Gasteiger partial charge in [0, 0.05) is 57.4 Å². The number of aromatic nitrogens is 4. The van der Waals surface area contributed by atoms with Crippen LogP contribution in [0.3, 0.4) is 0 Å². The van der Waals surface area contributed by atoms with Gasteiger partial charge in [-0.05, 0) is 58.2 Å². The molecule has 0 saturated carbocycles. The maximum Gasteiger partial charge on any atom is 0.0554 e. The van der Waals surface area contributed by atoms with Gasteiger partial charge in [-0.1, -0.05) is 66.6 Å². The molecule has 2 heterocycles. The third-order valence-corrected chi connectivity index (χ3v) is 7.53. The van der Waals surface area contributed by atoms with Crippen molar-refractivity contribution in [1.82, 2.24) is 19.1 Å². The van der Waals surface area contributed by atoms with Crippen molar-refractivity contribution in [3.05, 3.63) is 162 Å². The standard InChI is InChI=1S/C15H11.C15H9.C7H6N4.2Au/c2*1-2-11-7-8-13-10-12-5-3-4-6-14(12)15(13)9-11;1-3-10(5-8-1)7-11-4-2-9-6-11;;/h3-6,9H,7-8,10H2;3-9H,10H2;1-4H,7H2;;/q2*-1;-2;;. The first-order chi connectivity index (χ1) is 20.2. The number of benzene rings is 3. The maximum absolute atomic E-state index is 7.19. The van der Waals surface area contributed by atoms with Crippen molar-refractivity contribution in [2.45, 2.75) is 32.4 Å². The summed E-state index contributed by atoms with van der Waals surface area (Å²) >= 11 is 0. The Kier molecular flexibility index (Phi) is 11.2. The second-order valence-corrected chi connectivity index (χ2v) is 10.1. The normalized spacial score (nSPS) is 12.9. The van der Waals surface area contributed by atoms with Crippen LogP contribution < -0.4 is 0 Å². The summed E-state index contributed by atoms with van der Waals surface area (Å²) in [7, 11) is 0. The molecule has 4 nitrogen and oxygen atoms in total. The SMILES string of the molecule is [Au].[Au].[C-]#CC1=CC2=C(CC1)Cc1ccccc12.[C-]#Cc1ccc2c(c1)-c1ccccc1C2.[c-]1nccn1Cn1[c-]ncc1. The Balaban J connectivity index is 0.000000146. The summed E-state index contributed by atoms with van der Waals surface area (Å²) in [6.45, 7) is 0.667. The number of hydrogen-bond acceptors (Lipinski definition) is 2. The molecule has 220 valence electrons. The van der Waals surface area contributed by atoms with Crippen molar-refractivity contribution in [2.75, 3.05) is 0 Å². The molecule has 3 aliphatic rings. The third-order valence-electron chi connectivity index (χ3n) is 7.53. The van der Waals surface area contributed by atoms with Crippen LogP contribution in [0.1, 0.15) is 40.7 Å². The number of rotatable bonds is 2. The molecule has 2 aromatic heterocycles. The van der Waals surface area contributed by atoms with Crippen LogP contribution in [-0.4, -0.2) is 19.1 Å². The molecule has 0 saturated heterocycles. The van der Waals surface area contributed by atoms with E-state index >= 15 is 0 Å². The second kappa shape index (κ2) is 15.1. The average Bonchev–Trinajstić information content (AvgIpc) is 3.84. The van der Waals surface area contributed by atoms with Gasteiger partial charge in [0.25, 0.3) is 0 Å². The Morgan fingerprint density at radius 3 is 1.95 bits per heavy atom. The van der Waals surface area contributed by atoms with E-state index in [1.165, 1.54) is 44.5 Å².